The van der Waals surface area contributed by atoms with E-state index in [2.05, 4.69) is 6.07 Å². The van der Waals surface area contributed by atoms with E-state index in [9.17, 15) is 4.79 Å². The number of amides is 1. The molecule has 0 bridgehead atoms. The number of halogens is 1. The van der Waals surface area contributed by atoms with Gasteiger partial charge in [-0.25, -0.2) is 4.79 Å². The Bertz CT molecular complexity index is 486. The topological polar surface area (TPSA) is 53.3 Å². The second-order valence-corrected chi connectivity index (χ2v) is 5.16. The van der Waals surface area contributed by atoms with E-state index in [4.69, 9.17) is 21.6 Å². The fourth-order valence-electron chi connectivity index (χ4n) is 2.20. The Kier molecular flexibility index (Phi) is 4.28. The Hall–Kier alpha value is -1.73. The van der Waals surface area contributed by atoms with Gasteiger partial charge in [0.05, 0.1) is 17.4 Å². The van der Waals surface area contributed by atoms with Crippen LogP contribution in [0, 0.1) is 17.2 Å². The zero-order chi connectivity index (χ0) is 13.8. The summed E-state index contributed by atoms with van der Waals surface area (Å²) < 4.78 is 5.24. The highest BCUT2D eigenvalue weighted by atomic mass is 35.5. The molecule has 1 aliphatic rings. The SMILES string of the molecule is CC1C(C#N)C(Cl)CN1C(=O)OCc1ccccc1. The van der Waals surface area contributed by atoms with Gasteiger partial charge < -0.3 is 9.64 Å². The van der Waals surface area contributed by atoms with Crippen molar-refractivity contribution in [2.45, 2.75) is 24.9 Å². The molecule has 0 radical (unpaired) electrons. The predicted octanol–water partition coefficient (Wildman–Crippen LogP) is 2.77. The van der Waals surface area contributed by atoms with Gasteiger partial charge in [-0.3, -0.25) is 0 Å². The molecule has 1 heterocycles. The quantitative estimate of drug-likeness (QED) is 0.782. The monoisotopic (exact) mass is 278 g/mol. The summed E-state index contributed by atoms with van der Waals surface area (Å²) in [5.41, 5.74) is 0.932. The molecule has 1 aliphatic heterocycles. The molecule has 3 atom stereocenters. The first-order chi connectivity index (χ1) is 9.13. The molecule has 1 fully saturated rings. The van der Waals surface area contributed by atoms with Gasteiger partial charge >= 0.3 is 6.09 Å². The number of benzene rings is 1. The van der Waals surface area contributed by atoms with Crippen molar-refractivity contribution >= 4 is 17.7 Å². The third-order valence-corrected chi connectivity index (χ3v) is 3.77. The molecule has 5 heteroatoms. The lowest BCUT2D eigenvalue weighted by molar-refractivity contribution is 0.0928. The van der Waals surface area contributed by atoms with Crippen molar-refractivity contribution in [3.63, 3.8) is 0 Å². The van der Waals surface area contributed by atoms with Crippen molar-refractivity contribution in [3.8, 4) is 6.07 Å². The molecule has 2 rings (SSSR count). The van der Waals surface area contributed by atoms with Crippen LogP contribution in [0.15, 0.2) is 30.3 Å². The average molecular weight is 279 g/mol. The number of ether oxygens (including phenoxy) is 1. The van der Waals surface area contributed by atoms with E-state index in [1.165, 1.54) is 4.90 Å². The van der Waals surface area contributed by atoms with Crippen LogP contribution in [-0.2, 0) is 11.3 Å². The summed E-state index contributed by atoms with van der Waals surface area (Å²) in [7, 11) is 0. The van der Waals surface area contributed by atoms with Crippen molar-refractivity contribution in [1.29, 1.82) is 5.26 Å². The minimum atomic E-state index is -0.417. The highest BCUT2D eigenvalue weighted by Gasteiger charge is 2.41. The lowest BCUT2D eigenvalue weighted by atomic mass is 10.0. The molecular formula is C14H15ClN2O2. The number of hydrogen-bond acceptors (Lipinski definition) is 3. The van der Waals surface area contributed by atoms with Gasteiger partial charge in [-0.2, -0.15) is 5.26 Å². The molecule has 19 heavy (non-hydrogen) atoms. The molecule has 0 aliphatic carbocycles. The highest BCUT2D eigenvalue weighted by Crippen LogP contribution is 2.28. The smallest absolute Gasteiger partial charge is 0.410 e. The van der Waals surface area contributed by atoms with E-state index in [1.54, 1.807) is 0 Å². The van der Waals surface area contributed by atoms with Crippen LogP contribution in [0.25, 0.3) is 0 Å². The number of carbonyl (C=O) groups is 1. The molecule has 1 aromatic carbocycles. The summed E-state index contributed by atoms with van der Waals surface area (Å²) in [6.07, 6.45) is -0.417. The van der Waals surface area contributed by atoms with E-state index >= 15 is 0 Å². The maximum atomic E-state index is 12.0. The van der Waals surface area contributed by atoms with Gasteiger partial charge in [0.2, 0.25) is 0 Å². The van der Waals surface area contributed by atoms with Gasteiger partial charge in [0, 0.05) is 12.6 Å². The molecule has 100 valence electrons. The molecule has 3 unspecified atom stereocenters. The number of carbonyl (C=O) groups excluding carboxylic acids is 1. The number of likely N-dealkylation sites (tertiary alicyclic amines) is 1. The van der Waals surface area contributed by atoms with Gasteiger partial charge in [0.15, 0.2) is 0 Å². The van der Waals surface area contributed by atoms with Crippen LogP contribution in [0.5, 0.6) is 0 Å². The number of alkyl halides is 1. The number of rotatable bonds is 2. The van der Waals surface area contributed by atoms with Crippen molar-refractivity contribution < 1.29 is 9.53 Å². The second kappa shape index (κ2) is 5.94. The van der Waals surface area contributed by atoms with Crippen LogP contribution in [0.4, 0.5) is 4.79 Å². The maximum Gasteiger partial charge on any atom is 0.410 e. The molecular weight excluding hydrogens is 264 g/mol. The van der Waals surface area contributed by atoms with Gasteiger partial charge in [-0.05, 0) is 12.5 Å². The second-order valence-electron chi connectivity index (χ2n) is 4.60. The van der Waals surface area contributed by atoms with Gasteiger partial charge in [0.1, 0.15) is 6.61 Å². The van der Waals surface area contributed by atoms with E-state index < -0.39 is 6.09 Å². The van der Waals surface area contributed by atoms with Crippen LogP contribution in [0.1, 0.15) is 12.5 Å². The molecule has 1 saturated heterocycles. The van der Waals surface area contributed by atoms with E-state index in [0.29, 0.717) is 6.54 Å². The number of hydrogen-bond donors (Lipinski definition) is 0. The summed E-state index contributed by atoms with van der Waals surface area (Å²) in [6.45, 7) is 2.40. The molecule has 0 N–H and O–H groups in total. The lowest BCUT2D eigenvalue weighted by Crippen LogP contribution is -2.36. The molecule has 1 aromatic rings. The molecule has 1 amide bonds. The Morgan fingerprint density at radius 3 is 2.79 bits per heavy atom. The van der Waals surface area contributed by atoms with Gasteiger partial charge in [0.25, 0.3) is 0 Å². The zero-order valence-corrected chi connectivity index (χ0v) is 11.4. The summed E-state index contributed by atoms with van der Waals surface area (Å²) in [6, 6.07) is 11.4. The van der Waals surface area contributed by atoms with Crippen LogP contribution >= 0.6 is 11.6 Å². The zero-order valence-electron chi connectivity index (χ0n) is 10.6. The maximum absolute atomic E-state index is 12.0. The van der Waals surface area contributed by atoms with Crippen LogP contribution in [-0.4, -0.2) is 29.0 Å². The molecule has 0 spiro atoms. The Labute approximate surface area is 117 Å². The summed E-state index contributed by atoms with van der Waals surface area (Å²) in [5, 5.41) is 8.67. The fraction of sp³-hybridized carbons (Fsp3) is 0.429. The van der Waals surface area contributed by atoms with E-state index in [1.807, 2.05) is 37.3 Å². The fourth-order valence-corrected chi connectivity index (χ4v) is 2.61. The van der Waals surface area contributed by atoms with E-state index in [0.717, 1.165) is 5.56 Å². The molecule has 0 saturated carbocycles. The van der Waals surface area contributed by atoms with Crippen LogP contribution in [0.2, 0.25) is 0 Å². The first kappa shape index (κ1) is 13.7. The Morgan fingerprint density at radius 1 is 1.53 bits per heavy atom. The Balaban J connectivity index is 1.93. The van der Waals surface area contributed by atoms with Crippen molar-refractivity contribution in [2.24, 2.45) is 5.92 Å². The standard InChI is InChI=1S/C14H15ClN2O2/c1-10-12(7-16)13(15)8-17(10)14(18)19-9-11-5-3-2-4-6-11/h2-6,10,12-13H,8-9H2,1H3. The number of nitriles is 1. The van der Waals surface area contributed by atoms with Crippen LogP contribution < -0.4 is 0 Å². The number of nitrogens with zero attached hydrogens (tertiary/aromatic N) is 2. The van der Waals surface area contributed by atoms with Crippen molar-refractivity contribution in [1.82, 2.24) is 4.90 Å². The minimum absolute atomic E-state index is 0.212. The summed E-state index contributed by atoms with van der Waals surface area (Å²) >= 11 is 6.06. The first-order valence-corrected chi connectivity index (χ1v) is 6.58. The van der Waals surface area contributed by atoms with Crippen molar-refractivity contribution in [2.75, 3.05) is 6.54 Å². The molecule has 0 aromatic heterocycles. The summed E-state index contributed by atoms with van der Waals surface area (Å²) in [5.74, 6) is -0.342. The predicted molar refractivity (Wildman–Crippen MR) is 71.5 cm³/mol. The normalized spacial score (nSPS) is 25.9. The highest BCUT2D eigenvalue weighted by molar-refractivity contribution is 6.21. The lowest BCUT2D eigenvalue weighted by Gasteiger charge is -2.21. The molecule has 4 nitrogen and oxygen atoms in total. The Morgan fingerprint density at radius 2 is 2.21 bits per heavy atom. The van der Waals surface area contributed by atoms with Crippen molar-refractivity contribution in [3.05, 3.63) is 35.9 Å². The minimum Gasteiger partial charge on any atom is -0.445 e. The third kappa shape index (κ3) is 2.99. The van der Waals surface area contributed by atoms with Gasteiger partial charge in [-0.1, -0.05) is 30.3 Å². The van der Waals surface area contributed by atoms with Crippen LogP contribution in [0.3, 0.4) is 0 Å². The third-order valence-electron chi connectivity index (χ3n) is 3.36. The van der Waals surface area contributed by atoms with E-state index in [-0.39, 0.29) is 23.9 Å². The first-order valence-electron chi connectivity index (χ1n) is 6.14. The average Bonchev–Trinajstić information content (AvgIpc) is 2.72. The largest absolute Gasteiger partial charge is 0.445 e. The van der Waals surface area contributed by atoms with Gasteiger partial charge in [-0.15, -0.1) is 11.6 Å². The summed E-state index contributed by atoms with van der Waals surface area (Å²) in [4.78, 5) is 13.5.